The smallest absolute Gasteiger partial charge is 0.190 e. The second-order valence-corrected chi connectivity index (χ2v) is 4.54. The van der Waals surface area contributed by atoms with Crippen LogP contribution >= 0.6 is 23.2 Å². The number of aromatic nitrogens is 1. The first-order valence-electron chi connectivity index (χ1n) is 3.95. The molecule has 0 aliphatic carbocycles. The first-order chi connectivity index (χ1) is 7.11. The summed E-state index contributed by atoms with van der Waals surface area (Å²) in [6.07, 6.45) is 1.47. The molecule has 0 saturated heterocycles. The van der Waals surface area contributed by atoms with Gasteiger partial charge in [0.25, 0.3) is 0 Å². The van der Waals surface area contributed by atoms with Gasteiger partial charge in [-0.1, -0.05) is 23.2 Å². The molecule has 3 nitrogen and oxygen atoms in total. The fourth-order valence-corrected chi connectivity index (χ4v) is 2.42. The Morgan fingerprint density at radius 3 is 2.60 bits per heavy atom. The third kappa shape index (κ3) is 1.86. The van der Waals surface area contributed by atoms with Gasteiger partial charge in [-0.3, -0.25) is 4.98 Å². The Bertz CT molecular complexity index is 559. The third-order valence-electron chi connectivity index (χ3n) is 1.94. The Morgan fingerprint density at radius 1 is 1.20 bits per heavy atom. The number of halogens is 2. The van der Waals surface area contributed by atoms with Crippen LogP contribution in [-0.2, 0) is 11.1 Å². The van der Waals surface area contributed by atoms with E-state index in [4.69, 9.17) is 27.8 Å². The maximum Gasteiger partial charge on any atom is 0.190 e. The van der Waals surface area contributed by atoms with Gasteiger partial charge in [0, 0.05) is 11.6 Å². The fraction of sp³-hybridized carbons (Fsp3) is 0. The van der Waals surface area contributed by atoms with E-state index in [1.165, 1.54) is 12.3 Å². The molecule has 0 saturated carbocycles. The van der Waals surface area contributed by atoms with Gasteiger partial charge in [-0.25, -0.2) is 4.21 Å². The molecule has 1 aromatic carbocycles. The number of hydrogen-bond donors (Lipinski definition) is 1. The molecular weight excluding hydrogens is 257 g/mol. The molecule has 6 heteroatoms. The summed E-state index contributed by atoms with van der Waals surface area (Å²) in [6, 6.07) is 4.81. The quantitative estimate of drug-likeness (QED) is 0.803. The van der Waals surface area contributed by atoms with Crippen molar-refractivity contribution >= 4 is 45.2 Å². The Kier molecular flexibility index (Phi) is 2.93. The van der Waals surface area contributed by atoms with Crippen LogP contribution in [0.5, 0.6) is 0 Å². The summed E-state index contributed by atoms with van der Waals surface area (Å²) in [4.78, 5) is 4.10. The molecule has 2 aromatic rings. The highest BCUT2D eigenvalue weighted by Gasteiger charge is 2.13. The SMILES string of the molecule is O=S(O)c1c(Cl)ccc2c(Cl)ccnc12. The summed E-state index contributed by atoms with van der Waals surface area (Å²) in [7, 11) is 0. The van der Waals surface area contributed by atoms with Crippen LogP contribution < -0.4 is 0 Å². The largest absolute Gasteiger partial charge is 0.302 e. The van der Waals surface area contributed by atoms with Crippen molar-refractivity contribution in [3.05, 3.63) is 34.4 Å². The van der Waals surface area contributed by atoms with Gasteiger partial charge in [-0.2, -0.15) is 0 Å². The fourth-order valence-electron chi connectivity index (χ4n) is 1.30. The van der Waals surface area contributed by atoms with Crippen LogP contribution in [0.25, 0.3) is 10.9 Å². The highest BCUT2D eigenvalue weighted by atomic mass is 35.5. The van der Waals surface area contributed by atoms with Gasteiger partial charge in [0.2, 0.25) is 0 Å². The molecule has 0 spiro atoms. The molecule has 0 aliphatic rings. The summed E-state index contributed by atoms with van der Waals surface area (Å²) in [5.74, 6) is 0. The zero-order valence-corrected chi connectivity index (χ0v) is 9.60. The normalized spacial score (nSPS) is 13.0. The number of fused-ring (bicyclic) bond motifs is 1. The van der Waals surface area contributed by atoms with E-state index in [-0.39, 0.29) is 9.92 Å². The Morgan fingerprint density at radius 2 is 1.93 bits per heavy atom. The number of nitrogens with zero attached hydrogens (tertiary/aromatic N) is 1. The van der Waals surface area contributed by atoms with Crippen LogP contribution in [0, 0.1) is 0 Å². The van der Waals surface area contributed by atoms with Crippen LogP contribution in [0.15, 0.2) is 29.3 Å². The molecule has 0 fully saturated rings. The Hall–Kier alpha value is -0.680. The lowest BCUT2D eigenvalue weighted by atomic mass is 10.2. The van der Waals surface area contributed by atoms with Crippen LogP contribution in [0.3, 0.4) is 0 Å². The van der Waals surface area contributed by atoms with Gasteiger partial charge in [0.05, 0.1) is 15.6 Å². The maximum absolute atomic E-state index is 11.1. The second-order valence-electron chi connectivity index (χ2n) is 2.81. The number of rotatable bonds is 1. The maximum atomic E-state index is 11.1. The first-order valence-corrected chi connectivity index (χ1v) is 5.81. The summed E-state index contributed by atoms with van der Waals surface area (Å²) < 4.78 is 20.2. The summed E-state index contributed by atoms with van der Waals surface area (Å²) in [5.41, 5.74) is 0.357. The Balaban J connectivity index is 2.94. The molecule has 0 aliphatic heterocycles. The molecule has 1 atom stereocenters. The molecule has 0 radical (unpaired) electrons. The minimum absolute atomic E-state index is 0.0941. The van der Waals surface area contributed by atoms with Crippen molar-refractivity contribution in [2.75, 3.05) is 0 Å². The average Bonchev–Trinajstić information content (AvgIpc) is 2.17. The highest BCUT2D eigenvalue weighted by molar-refractivity contribution is 7.79. The topological polar surface area (TPSA) is 50.2 Å². The molecule has 0 amide bonds. The lowest BCUT2D eigenvalue weighted by Crippen LogP contribution is -1.94. The van der Waals surface area contributed by atoms with Crippen molar-refractivity contribution in [1.82, 2.24) is 4.98 Å². The molecule has 2 rings (SSSR count). The minimum atomic E-state index is -2.18. The van der Waals surface area contributed by atoms with Crippen molar-refractivity contribution in [2.45, 2.75) is 4.90 Å². The average molecular weight is 262 g/mol. The van der Waals surface area contributed by atoms with Crippen LogP contribution in [0.2, 0.25) is 10.0 Å². The number of pyridine rings is 1. The molecule has 1 heterocycles. The van der Waals surface area contributed by atoms with Gasteiger partial charge in [-0.15, -0.1) is 0 Å². The number of benzene rings is 1. The van der Waals surface area contributed by atoms with E-state index in [1.54, 1.807) is 12.1 Å². The highest BCUT2D eigenvalue weighted by Crippen LogP contribution is 2.30. The molecule has 0 bridgehead atoms. The van der Waals surface area contributed by atoms with Crippen molar-refractivity contribution in [2.24, 2.45) is 0 Å². The zero-order chi connectivity index (χ0) is 11.0. The number of hydrogen-bond acceptors (Lipinski definition) is 2. The van der Waals surface area contributed by atoms with Gasteiger partial charge in [0.1, 0.15) is 4.90 Å². The molecule has 1 aromatic heterocycles. The summed E-state index contributed by atoms with van der Waals surface area (Å²) in [6.45, 7) is 0. The van der Waals surface area contributed by atoms with E-state index in [0.29, 0.717) is 15.9 Å². The molecule has 1 unspecified atom stereocenters. The van der Waals surface area contributed by atoms with Gasteiger partial charge >= 0.3 is 0 Å². The molecule has 1 N–H and O–H groups in total. The van der Waals surface area contributed by atoms with E-state index >= 15 is 0 Å². The van der Waals surface area contributed by atoms with Crippen molar-refractivity contribution in [3.63, 3.8) is 0 Å². The van der Waals surface area contributed by atoms with Crippen molar-refractivity contribution < 1.29 is 8.76 Å². The van der Waals surface area contributed by atoms with E-state index in [0.717, 1.165) is 0 Å². The standard InChI is InChI=1S/C9H5Cl2NO2S/c10-6-3-4-12-8-5(6)1-2-7(11)9(8)15(13)14/h1-4H,(H,13,14). The predicted molar refractivity (Wildman–Crippen MR) is 60.8 cm³/mol. The second kappa shape index (κ2) is 4.06. The minimum Gasteiger partial charge on any atom is -0.302 e. The van der Waals surface area contributed by atoms with Crippen molar-refractivity contribution in [3.8, 4) is 0 Å². The molecule has 78 valence electrons. The Labute approximate surface area is 98.3 Å². The van der Waals surface area contributed by atoms with Gasteiger partial charge in [0.15, 0.2) is 11.1 Å². The lowest BCUT2D eigenvalue weighted by Gasteiger charge is -2.05. The lowest BCUT2D eigenvalue weighted by molar-refractivity contribution is 0.565. The van der Waals surface area contributed by atoms with Gasteiger partial charge in [-0.05, 0) is 18.2 Å². The third-order valence-corrected chi connectivity index (χ3v) is 3.46. The van der Waals surface area contributed by atoms with Crippen LogP contribution in [0.4, 0.5) is 0 Å². The summed E-state index contributed by atoms with van der Waals surface area (Å²) >= 11 is 9.56. The first kappa shape index (κ1) is 10.8. The van der Waals surface area contributed by atoms with E-state index in [2.05, 4.69) is 4.98 Å². The predicted octanol–water partition coefficient (Wildman–Crippen LogP) is 3.12. The van der Waals surface area contributed by atoms with Crippen LogP contribution in [-0.4, -0.2) is 13.7 Å². The van der Waals surface area contributed by atoms with E-state index < -0.39 is 11.1 Å². The monoisotopic (exact) mass is 261 g/mol. The zero-order valence-electron chi connectivity index (χ0n) is 7.28. The summed E-state index contributed by atoms with van der Waals surface area (Å²) in [5, 5.41) is 1.29. The molecular formula is C9H5Cl2NO2S. The van der Waals surface area contributed by atoms with Crippen LogP contribution in [0.1, 0.15) is 0 Å². The van der Waals surface area contributed by atoms with Gasteiger partial charge < -0.3 is 4.55 Å². The van der Waals surface area contributed by atoms with E-state index in [9.17, 15) is 4.21 Å². The molecule has 15 heavy (non-hydrogen) atoms. The van der Waals surface area contributed by atoms with E-state index in [1.807, 2.05) is 0 Å². The van der Waals surface area contributed by atoms with Crippen molar-refractivity contribution in [1.29, 1.82) is 0 Å².